The molecule has 0 aliphatic carbocycles. The van der Waals surface area contributed by atoms with Crippen LogP contribution in [0.2, 0.25) is 0 Å². The molecular weight excluding hydrogens is 389 g/mol. The molecule has 1 amide bonds. The zero-order chi connectivity index (χ0) is 21.8. The molecule has 0 bridgehead atoms. The molecule has 0 aliphatic heterocycles. The fraction of sp³-hybridized carbons (Fsp3) is 0.421. The van der Waals surface area contributed by atoms with Gasteiger partial charge in [0.1, 0.15) is 12.2 Å². The summed E-state index contributed by atoms with van der Waals surface area (Å²) < 4.78 is 50.7. The highest BCUT2D eigenvalue weighted by Crippen LogP contribution is 2.38. The maximum absolute atomic E-state index is 13.6. The van der Waals surface area contributed by atoms with E-state index in [-0.39, 0.29) is 24.0 Å². The Morgan fingerprint density at radius 2 is 1.90 bits per heavy atom. The van der Waals surface area contributed by atoms with E-state index >= 15 is 0 Å². The summed E-state index contributed by atoms with van der Waals surface area (Å²) in [5.74, 6) is -0.435. The molecular formula is C19H23F3N4O3. The van der Waals surface area contributed by atoms with Gasteiger partial charge in [-0.25, -0.2) is 14.8 Å². The first-order valence-electron chi connectivity index (χ1n) is 8.80. The summed E-state index contributed by atoms with van der Waals surface area (Å²) in [5, 5.41) is 0. The van der Waals surface area contributed by atoms with E-state index in [1.54, 1.807) is 6.92 Å². The van der Waals surface area contributed by atoms with Crippen molar-refractivity contribution in [2.45, 2.75) is 38.9 Å². The van der Waals surface area contributed by atoms with E-state index in [1.165, 1.54) is 24.5 Å². The highest BCUT2D eigenvalue weighted by Gasteiger charge is 2.36. The molecule has 0 aliphatic rings. The highest BCUT2D eigenvalue weighted by atomic mass is 19.4. The third-order valence-electron chi connectivity index (χ3n) is 3.84. The van der Waals surface area contributed by atoms with Crippen LogP contribution in [-0.4, -0.2) is 28.2 Å². The van der Waals surface area contributed by atoms with Gasteiger partial charge < -0.3 is 20.9 Å². The molecule has 2 rings (SSSR count). The van der Waals surface area contributed by atoms with Gasteiger partial charge in [0.25, 0.3) is 0 Å². The van der Waals surface area contributed by atoms with Gasteiger partial charge in [-0.1, -0.05) is 13.8 Å². The van der Waals surface area contributed by atoms with Crippen LogP contribution in [0.3, 0.4) is 0 Å². The summed E-state index contributed by atoms with van der Waals surface area (Å²) >= 11 is 0. The summed E-state index contributed by atoms with van der Waals surface area (Å²) in [6.07, 6.45) is -2.70. The Balaban J connectivity index is 2.34. The summed E-state index contributed by atoms with van der Waals surface area (Å²) in [7, 11) is 0. The fourth-order valence-electron chi connectivity index (χ4n) is 2.90. The summed E-state index contributed by atoms with van der Waals surface area (Å²) in [6.45, 7) is 5.52. The molecule has 1 unspecified atom stereocenters. The van der Waals surface area contributed by atoms with E-state index in [9.17, 15) is 18.0 Å². The van der Waals surface area contributed by atoms with Gasteiger partial charge >= 0.3 is 12.3 Å². The molecule has 29 heavy (non-hydrogen) atoms. The van der Waals surface area contributed by atoms with Crippen LogP contribution in [0.5, 0.6) is 11.8 Å². The molecule has 10 heteroatoms. The first-order chi connectivity index (χ1) is 13.4. The summed E-state index contributed by atoms with van der Waals surface area (Å²) in [4.78, 5) is 18.5. The second-order valence-electron chi connectivity index (χ2n) is 7.42. The minimum atomic E-state index is -4.69. The Kier molecular flexibility index (Phi) is 6.68. The maximum atomic E-state index is 13.6. The molecule has 0 radical (unpaired) electrons. The Morgan fingerprint density at radius 1 is 1.21 bits per heavy atom. The highest BCUT2D eigenvalue weighted by molar-refractivity contribution is 5.69. The fourth-order valence-corrected chi connectivity index (χ4v) is 2.90. The Bertz CT molecular complexity index is 870. The third-order valence-corrected chi connectivity index (χ3v) is 3.84. The Hall–Kier alpha value is -2.88. The van der Waals surface area contributed by atoms with Crippen molar-refractivity contribution in [1.82, 2.24) is 9.97 Å². The number of hydrogen-bond acceptors (Lipinski definition) is 6. The molecule has 2 heterocycles. The van der Waals surface area contributed by atoms with Gasteiger partial charge in [0.2, 0.25) is 11.8 Å². The number of aromatic nitrogens is 2. The van der Waals surface area contributed by atoms with Gasteiger partial charge in [0, 0.05) is 29.6 Å². The van der Waals surface area contributed by atoms with Crippen LogP contribution in [0.25, 0.3) is 11.1 Å². The minimum Gasteiger partial charge on any atom is -0.475 e. The number of carbonyl (C=O) groups is 1. The monoisotopic (exact) mass is 412 g/mol. The lowest BCUT2D eigenvalue weighted by atomic mass is 9.93. The number of amides is 1. The molecule has 0 aromatic carbocycles. The topological polar surface area (TPSA) is 113 Å². The molecule has 158 valence electrons. The number of ether oxygens (including phenoxy) is 2. The van der Waals surface area contributed by atoms with Crippen LogP contribution in [0, 0.1) is 5.92 Å². The first-order valence-corrected chi connectivity index (χ1v) is 8.80. The standard InChI is InChI=1S/C19H23F3N4O3/c1-11(2)8-18(3,24)10-28-16-14(19(20,21)22)6-13(9-26-16)12-4-5-25-15(7-12)29-17(23)27/h4-7,9,11H,8,10,24H2,1-3H3,(H2,23,27). The number of alkyl halides is 3. The molecule has 4 N–H and O–H groups in total. The number of rotatable bonds is 7. The van der Waals surface area contributed by atoms with Crippen LogP contribution in [0.15, 0.2) is 30.6 Å². The van der Waals surface area contributed by atoms with E-state index in [0.29, 0.717) is 12.0 Å². The van der Waals surface area contributed by atoms with Crippen LogP contribution in [0.4, 0.5) is 18.0 Å². The number of nitrogens with two attached hydrogens (primary N) is 2. The van der Waals surface area contributed by atoms with Crippen molar-refractivity contribution in [1.29, 1.82) is 0 Å². The van der Waals surface area contributed by atoms with E-state index in [4.69, 9.17) is 16.2 Å². The quantitative estimate of drug-likeness (QED) is 0.716. The number of primary amides is 1. The molecule has 2 aromatic heterocycles. The number of nitrogens with zero attached hydrogens (tertiary/aromatic N) is 2. The van der Waals surface area contributed by atoms with Crippen molar-refractivity contribution >= 4 is 6.09 Å². The van der Waals surface area contributed by atoms with Gasteiger partial charge in [-0.2, -0.15) is 13.2 Å². The molecule has 0 saturated carbocycles. The Labute approximate surface area is 166 Å². The molecule has 0 spiro atoms. The third kappa shape index (κ3) is 6.60. The van der Waals surface area contributed by atoms with E-state index in [1.807, 2.05) is 13.8 Å². The lowest BCUT2D eigenvalue weighted by Crippen LogP contribution is -2.43. The second-order valence-corrected chi connectivity index (χ2v) is 7.42. The SMILES string of the molecule is CC(C)CC(C)(N)COc1ncc(-c2ccnc(OC(N)=O)c2)cc1C(F)(F)F. The lowest BCUT2D eigenvalue weighted by Gasteiger charge is -2.27. The van der Waals surface area contributed by atoms with Gasteiger partial charge in [-0.05, 0) is 37.0 Å². The maximum Gasteiger partial charge on any atom is 0.421 e. The number of halogens is 3. The van der Waals surface area contributed by atoms with Crippen LogP contribution >= 0.6 is 0 Å². The van der Waals surface area contributed by atoms with Gasteiger partial charge in [0.05, 0.1) is 0 Å². The molecule has 2 aromatic rings. The lowest BCUT2D eigenvalue weighted by molar-refractivity contribution is -0.139. The van der Waals surface area contributed by atoms with E-state index in [2.05, 4.69) is 14.7 Å². The van der Waals surface area contributed by atoms with Crippen molar-refractivity contribution in [3.8, 4) is 22.9 Å². The number of carbonyl (C=O) groups excluding carboxylic acids is 1. The zero-order valence-corrected chi connectivity index (χ0v) is 16.3. The van der Waals surface area contributed by atoms with E-state index in [0.717, 1.165) is 6.07 Å². The predicted molar refractivity (Wildman–Crippen MR) is 100 cm³/mol. The average Bonchev–Trinajstić information content (AvgIpc) is 2.57. The zero-order valence-electron chi connectivity index (χ0n) is 16.3. The molecule has 1 atom stereocenters. The molecule has 0 saturated heterocycles. The summed E-state index contributed by atoms with van der Waals surface area (Å²) in [6, 6.07) is 3.63. The minimum absolute atomic E-state index is 0.119. The number of hydrogen-bond donors (Lipinski definition) is 2. The first kappa shape index (κ1) is 22.4. The van der Waals surface area contributed by atoms with Crippen molar-refractivity contribution in [3.63, 3.8) is 0 Å². The normalized spacial score (nSPS) is 13.8. The van der Waals surface area contributed by atoms with Crippen LogP contribution < -0.4 is 20.9 Å². The molecule has 7 nitrogen and oxygen atoms in total. The van der Waals surface area contributed by atoms with Crippen molar-refractivity contribution < 1.29 is 27.4 Å². The van der Waals surface area contributed by atoms with Gasteiger partial charge in [-0.15, -0.1) is 0 Å². The predicted octanol–water partition coefficient (Wildman–Crippen LogP) is 3.76. The van der Waals surface area contributed by atoms with E-state index < -0.39 is 29.3 Å². The van der Waals surface area contributed by atoms with Gasteiger partial charge in [-0.3, -0.25) is 0 Å². The van der Waals surface area contributed by atoms with Gasteiger partial charge in [0.15, 0.2) is 0 Å². The van der Waals surface area contributed by atoms with Crippen molar-refractivity contribution in [2.24, 2.45) is 17.4 Å². The summed E-state index contributed by atoms with van der Waals surface area (Å²) in [5.41, 5.74) is 9.64. The Morgan fingerprint density at radius 3 is 2.48 bits per heavy atom. The average molecular weight is 412 g/mol. The second kappa shape index (κ2) is 8.64. The smallest absolute Gasteiger partial charge is 0.421 e. The van der Waals surface area contributed by atoms with Crippen molar-refractivity contribution in [2.75, 3.05) is 6.61 Å². The molecule has 0 fully saturated rings. The van der Waals surface area contributed by atoms with Crippen LogP contribution in [0.1, 0.15) is 32.8 Å². The van der Waals surface area contributed by atoms with Crippen molar-refractivity contribution in [3.05, 3.63) is 36.2 Å². The largest absolute Gasteiger partial charge is 0.475 e. The number of pyridine rings is 2. The van der Waals surface area contributed by atoms with Crippen LogP contribution in [-0.2, 0) is 6.18 Å².